The summed E-state index contributed by atoms with van der Waals surface area (Å²) in [6, 6.07) is 26.4. The molecule has 121 heavy (non-hydrogen) atoms. The highest BCUT2D eigenvalue weighted by Gasteiger charge is 2.47. The molecule has 2 atom stereocenters. The molecule has 12 heterocycles. The van der Waals surface area contributed by atoms with Gasteiger partial charge in [-0.1, -0.05) is 49.9 Å². The summed E-state index contributed by atoms with van der Waals surface area (Å²) in [6.45, 7) is 14.0. The van der Waals surface area contributed by atoms with Gasteiger partial charge in [0.1, 0.15) is 83.0 Å². The van der Waals surface area contributed by atoms with Crippen molar-refractivity contribution >= 4 is 94.5 Å². The molecule has 16 rings (SSSR count). The molecule has 44 heteroatoms. The maximum absolute atomic E-state index is 13.6. The molecule has 0 spiro atoms. The number of nitrogen functional groups attached to an aromatic ring is 5. The maximum atomic E-state index is 13.6. The van der Waals surface area contributed by atoms with E-state index in [0.29, 0.717) is 113 Å². The minimum Gasteiger partial charge on any atom is -0.496 e. The predicted molar refractivity (Wildman–Crippen MR) is 438 cm³/mol. The molecule has 0 aliphatic rings. The van der Waals surface area contributed by atoms with Crippen LogP contribution in [0.5, 0.6) is 11.5 Å². The van der Waals surface area contributed by atoms with E-state index in [-0.39, 0.29) is 30.1 Å². The average Bonchev–Trinajstić information content (AvgIpc) is 1.76. The second-order valence-corrected chi connectivity index (χ2v) is 31.7. The lowest BCUT2D eigenvalue weighted by Gasteiger charge is -2.16. The molecule has 12 aromatic heterocycles. The molecule has 2 unspecified atom stereocenters. The van der Waals surface area contributed by atoms with E-state index in [2.05, 4.69) is 96.4 Å². The number of benzene rings is 4. The Morgan fingerprint density at radius 3 is 1.18 bits per heavy atom. The lowest BCUT2D eigenvalue weighted by molar-refractivity contribution is -0.0436. The third kappa shape index (κ3) is 19.8. The Morgan fingerprint density at radius 1 is 0.488 bits per heavy atom. The number of aryl methyl sites for hydroxylation is 6. The molecule has 10 N–H and O–H groups in total. The SMILES string of the molecule is C.COc1cc(Cc2c(C)nc3ncnn3c2N)ccc1C(C)(F)F.Cc1cnn(-c2nc(Cc3c(C)nc4ncnn4c3N)ccc2Br)c1.Cc1nc2ncnn2c(N)c1Cc1ccc(OC(C)F)cc1.Cc1nc2ncnn2c(N)c1Cc1ccc(S(=O)(=O)C(F)(F)F)cc1.Cc1nc2ncnn2c(N)c1Cc1ccc(S(=O)C(C)(F)F)cc1. The summed E-state index contributed by atoms with van der Waals surface area (Å²) in [5.74, 6) is 2.79. The van der Waals surface area contributed by atoms with Gasteiger partial charge in [0.2, 0.25) is 6.36 Å². The number of anilines is 5. The van der Waals surface area contributed by atoms with Crippen molar-refractivity contribution in [2.75, 3.05) is 35.8 Å². The number of aromatic nitrogens is 23. The smallest absolute Gasteiger partial charge is 0.496 e. The summed E-state index contributed by atoms with van der Waals surface area (Å²) in [7, 11) is -6.36. The summed E-state index contributed by atoms with van der Waals surface area (Å²) in [5, 5.41) is 21.2. The van der Waals surface area contributed by atoms with Crippen LogP contribution in [0.2, 0.25) is 0 Å². The average molecular weight is 1770 g/mol. The highest BCUT2D eigenvalue weighted by molar-refractivity contribution is 9.10. The van der Waals surface area contributed by atoms with Crippen LogP contribution in [0, 0.1) is 41.5 Å². The van der Waals surface area contributed by atoms with E-state index < -0.39 is 48.6 Å². The Kier molecular flexibility index (Phi) is 26.3. The van der Waals surface area contributed by atoms with Crippen LogP contribution >= 0.6 is 15.9 Å². The van der Waals surface area contributed by atoms with Gasteiger partial charge < -0.3 is 38.1 Å². The van der Waals surface area contributed by atoms with Crippen LogP contribution in [0.4, 0.5) is 64.2 Å². The molecule has 0 bridgehead atoms. The topological polar surface area (TPSA) is 446 Å². The molecule has 0 saturated heterocycles. The number of fused-ring (bicyclic) bond motifs is 5. The predicted octanol–water partition coefficient (Wildman–Crippen LogP) is 12.1. The molecular formula is C77H79BrF8N28O5S2. The quantitative estimate of drug-likeness (QED) is 0.0498. The van der Waals surface area contributed by atoms with Crippen LogP contribution in [0.25, 0.3) is 34.7 Å². The van der Waals surface area contributed by atoms with Gasteiger partial charge in [-0.3, -0.25) is 0 Å². The Hall–Kier alpha value is -13.4. The van der Waals surface area contributed by atoms with Gasteiger partial charge in [-0.05, 0) is 146 Å². The first-order valence-electron chi connectivity index (χ1n) is 35.9. The van der Waals surface area contributed by atoms with E-state index in [9.17, 15) is 47.8 Å². The van der Waals surface area contributed by atoms with Gasteiger partial charge in [-0.2, -0.15) is 100 Å². The summed E-state index contributed by atoms with van der Waals surface area (Å²) in [4.78, 5) is 45.8. The molecule has 632 valence electrons. The molecular weight excluding hydrogens is 1690 g/mol. The van der Waals surface area contributed by atoms with Crippen molar-refractivity contribution in [1.29, 1.82) is 0 Å². The first kappa shape index (κ1) is 88.4. The number of methoxy groups -OCH3 is 1. The first-order chi connectivity index (χ1) is 56.8. The summed E-state index contributed by atoms with van der Waals surface area (Å²) >= 11 is 3.54. The second kappa shape index (κ2) is 36.1. The zero-order valence-electron chi connectivity index (χ0n) is 65.4. The number of ether oxygens (including phenoxy) is 2. The zero-order valence-corrected chi connectivity index (χ0v) is 68.6. The minimum absolute atomic E-state index is 0. The fourth-order valence-electron chi connectivity index (χ4n) is 12.3. The molecule has 0 fully saturated rings. The molecule has 0 saturated carbocycles. The Labute approximate surface area is 695 Å². The number of hydrogen-bond donors (Lipinski definition) is 5. The van der Waals surface area contributed by atoms with Crippen molar-refractivity contribution in [3.8, 4) is 17.3 Å². The number of sulfone groups is 1. The van der Waals surface area contributed by atoms with Crippen LogP contribution in [-0.4, -0.2) is 150 Å². The van der Waals surface area contributed by atoms with Gasteiger partial charge >= 0.3 is 10.8 Å². The molecule has 0 aliphatic carbocycles. The highest BCUT2D eigenvalue weighted by atomic mass is 79.9. The normalized spacial score (nSPS) is 12.2. The summed E-state index contributed by atoms with van der Waals surface area (Å²) in [6.07, 6.45) is 11.6. The van der Waals surface area contributed by atoms with E-state index in [0.717, 1.165) is 102 Å². The fourth-order valence-corrected chi connectivity index (χ4v) is 14.3. The van der Waals surface area contributed by atoms with Gasteiger partial charge in [0.15, 0.2) is 5.82 Å². The number of pyridine rings is 1. The first-order valence-corrected chi connectivity index (χ1v) is 39.3. The number of halogens is 9. The van der Waals surface area contributed by atoms with Crippen LogP contribution in [-0.2, 0) is 58.7 Å². The van der Waals surface area contributed by atoms with Gasteiger partial charge in [-0.25, -0.2) is 60.4 Å². The van der Waals surface area contributed by atoms with Crippen molar-refractivity contribution < 1.29 is 57.2 Å². The van der Waals surface area contributed by atoms with Crippen molar-refractivity contribution in [1.82, 2.24) is 113 Å². The van der Waals surface area contributed by atoms with Crippen LogP contribution in [0.1, 0.15) is 124 Å². The number of rotatable bonds is 18. The Morgan fingerprint density at radius 2 is 0.843 bits per heavy atom. The monoisotopic (exact) mass is 1770 g/mol. The fraction of sp³-hybridized carbons (Fsp3) is 0.260. The zero-order chi connectivity index (χ0) is 86.6. The summed E-state index contributed by atoms with van der Waals surface area (Å²) < 4.78 is 158. The maximum Gasteiger partial charge on any atom is 0.501 e. The number of nitrogens with two attached hydrogens (primary N) is 5. The van der Waals surface area contributed by atoms with Gasteiger partial charge in [0.05, 0.1) is 28.2 Å². The van der Waals surface area contributed by atoms with Crippen LogP contribution in [0.3, 0.4) is 0 Å². The molecule has 16 aromatic rings. The molecule has 0 aliphatic heterocycles. The molecule has 4 aromatic carbocycles. The van der Waals surface area contributed by atoms with Gasteiger partial charge in [0.25, 0.3) is 44.6 Å². The van der Waals surface area contributed by atoms with Crippen LogP contribution in [0.15, 0.2) is 161 Å². The summed E-state index contributed by atoms with van der Waals surface area (Å²) in [5.41, 5.74) is 38.0. The molecule has 0 amide bonds. The Bertz CT molecular complexity index is 6570. The number of hydrogen-bond acceptors (Lipinski definition) is 27. The Balaban J connectivity index is 0.000000148. The van der Waals surface area contributed by atoms with Crippen molar-refractivity contribution in [2.24, 2.45) is 0 Å². The van der Waals surface area contributed by atoms with E-state index in [1.54, 1.807) is 58.7 Å². The van der Waals surface area contributed by atoms with E-state index >= 15 is 0 Å². The molecule has 0 radical (unpaired) electrons. The van der Waals surface area contributed by atoms with Crippen molar-refractivity contribution in [3.05, 3.63) is 247 Å². The van der Waals surface area contributed by atoms with Crippen molar-refractivity contribution in [3.63, 3.8) is 0 Å². The van der Waals surface area contributed by atoms with E-state index in [1.807, 2.05) is 65.1 Å². The lowest BCUT2D eigenvalue weighted by atomic mass is 10.00. The standard InChI is InChI=1S/C16H15BrN8.C16H17F2N5O.C15H15F2N5OS.C15H16FN5O.C14H12F3N5O2S.CH4/c1-9-6-20-24(7-9)15-13(17)4-3-11(23-15)5-12-10(2)22-16-19-8-21-25(16)14(12)18;1-9-11(14(19)23-15(22-9)20-8-21-23)6-10-4-5-12(16(2,17)18)13(7-10)24-3;1-9-12(13(18)22-14(21-9)19-8-20-22)7-10-3-5-11(6-4-10)24(23)15(2,16)17;1-9-13(14(17)21-15(20-9)18-8-19-21)7-11-3-5-12(6-4-11)22-10(2)16;1-8-11(12(18)22-13(21-8)19-7-20-22)6-9-2-4-10(5-3-9)25(23,24)14(15,16)17;/h3-4,6-8H,5,18H2,1-2H3;4-5,7-8H,6,19H2,1-3H3;3-6,8H,7,18H2,1-2H3;3-6,8,10H,7,17H2,1-2H3;2-5,7H,6,18H2,1H3;1H4. The van der Waals surface area contributed by atoms with Gasteiger partial charge in [0, 0.05) is 126 Å². The van der Waals surface area contributed by atoms with Gasteiger partial charge in [-0.15, -0.1) is 0 Å². The second-order valence-electron chi connectivity index (χ2n) is 27.2. The van der Waals surface area contributed by atoms with Crippen LogP contribution < -0.4 is 38.1 Å². The molecule has 33 nitrogen and oxygen atoms in total. The third-order valence-corrected chi connectivity index (χ3v) is 22.0. The van der Waals surface area contributed by atoms with E-state index in [4.69, 9.17) is 43.1 Å². The largest absolute Gasteiger partial charge is 0.501 e. The van der Waals surface area contributed by atoms with Crippen molar-refractivity contribution in [2.45, 2.75) is 135 Å². The lowest BCUT2D eigenvalue weighted by Crippen LogP contribution is -2.23. The van der Waals surface area contributed by atoms with E-state index in [1.165, 1.54) is 94.1 Å². The number of nitrogens with zero attached hydrogens (tertiary/aromatic N) is 23. The minimum atomic E-state index is -5.36. The third-order valence-electron chi connectivity index (χ3n) is 18.5. The highest BCUT2D eigenvalue weighted by Crippen LogP contribution is 2.37. The number of alkyl halides is 8.